The first-order chi connectivity index (χ1) is 6.29. The molecule has 1 rings (SSSR count). The van der Waals surface area contributed by atoms with Gasteiger partial charge < -0.3 is 5.73 Å². The molecule has 0 bridgehead atoms. The van der Waals surface area contributed by atoms with Gasteiger partial charge in [0.2, 0.25) is 0 Å². The number of benzene rings is 1. The Labute approximate surface area is 81.0 Å². The quantitative estimate of drug-likeness (QED) is 0.749. The lowest BCUT2D eigenvalue weighted by atomic mass is 9.85. The van der Waals surface area contributed by atoms with E-state index in [-0.39, 0.29) is 0 Å². The Morgan fingerprint density at radius 3 is 2.77 bits per heavy atom. The lowest BCUT2D eigenvalue weighted by molar-refractivity contribution is 0.457. The Kier molecular flexibility index (Phi) is 3.97. The van der Waals surface area contributed by atoms with Crippen molar-refractivity contribution in [3.63, 3.8) is 0 Å². The largest absolute Gasteiger partial charge is 0.330 e. The predicted octanol–water partition coefficient (Wildman–Crippen LogP) is 2.58. The summed E-state index contributed by atoms with van der Waals surface area (Å²) < 4.78 is 0. The summed E-state index contributed by atoms with van der Waals surface area (Å²) in [4.78, 5) is 0. The van der Waals surface area contributed by atoms with Crippen molar-refractivity contribution in [2.75, 3.05) is 6.54 Å². The van der Waals surface area contributed by atoms with Crippen LogP contribution in [0.15, 0.2) is 24.3 Å². The predicted molar refractivity (Wildman–Crippen MR) is 56.5 cm³/mol. The molecule has 2 N–H and O–H groups in total. The summed E-state index contributed by atoms with van der Waals surface area (Å²) in [5, 5.41) is 0. The van der Waals surface area contributed by atoms with Crippen LogP contribution in [0.3, 0.4) is 0 Å². The van der Waals surface area contributed by atoms with Crippen LogP contribution in [0.1, 0.15) is 31.7 Å². The summed E-state index contributed by atoms with van der Waals surface area (Å²) in [5.41, 5.74) is 7.04. The molecule has 0 aromatic heterocycles. The molecule has 1 heteroatoms. The van der Waals surface area contributed by atoms with Crippen LogP contribution in [0.5, 0.6) is 0 Å². The lowest BCUT2D eigenvalue weighted by Crippen LogP contribution is -2.18. The maximum absolute atomic E-state index is 5.68. The molecule has 0 saturated carbocycles. The van der Waals surface area contributed by atoms with E-state index < -0.39 is 0 Å². The van der Waals surface area contributed by atoms with Gasteiger partial charge in [0.05, 0.1) is 0 Å². The first-order valence-corrected chi connectivity index (χ1v) is 4.95. The van der Waals surface area contributed by atoms with Crippen LogP contribution in [-0.2, 0) is 0 Å². The van der Waals surface area contributed by atoms with E-state index in [1.54, 1.807) is 0 Å². The Balaban J connectivity index is 2.78. The number of hydrogen-bond acceptors (Lipinski definition) is 1. The molecular formula is C12H18N. The molecule has 0 fully saturated rings. The van der Waals surface area contributed by atoms with Gasteiger partial charge in [-0.3, -0.25) is 0 Å². The van der Waals surface area contributed by atoms with E-state index in [9.17, 15) is 0 Å². The third-order valence-electron chi connectivity index (χ3n) is 2.66. The first kappa shape index (κ1) is 10.3. The highest BCUT2D eigenvalue weighted by atomic mass is 14.5. The standard InChI is InChI=1S/C12H18N/c1-3-12(10(2)9-13)11-7-5-4-6-8-11/h4-5,7-8,10,12H,3,9,13H2,1-2H3. The second kappa shape index (κ2) is 5.03. The van der Waals surface area contributed by atoms with Gasteiger partial charge in [0.1, 0.15) is 0 Å². The van der Waals surface area contributed by atoms with Crippen LogP contribution in [-0.4, -0.2) is 6.54 Å². The zero-order valence-corrected chi connectivity index (χ0v) is 8.46. The molecule has 0 aliphatic carbocycles. The van der Waals surface area contributed by atoms with Gasteiger partial charge in [0.25, 0.3) is 0 Å². The normalized spacial score (nSPS) is 15.3. The lowest BCUT2D eigenvalue weighted by Gasteiger charge is -2.21. The Morgan fingerprint density at radius 2 is 2.31 bits per heavy atom. The second-order valence-corrected chi connectivity index (χ2v) is 3.56. The van der Waals surface area contributed by atoms with Gasteiger partial charge in [-0.05, 0) is 36.4 Å². The van der Waals surface area contributed by atoms with E-state index in [2.05, 4.69) is 32.0 Å². The Morgan fingerprint density at radius 1 is 1.54 bits per heavy atom. The molecule has 1 aromatic carbocycles. The zero-order chi connectivity index (χ0) is 9.68. The monoisotopic (exact) mass is 176 g/mol. The van der Waals surface area contributed by atoms with Crippen molar-refractivity contribution in [3.05, 3.63) is 35.9 Å². The van der Waals surface area contributed by atoms with E-state index in [1.165, 1.54) is 5.56 Å². The van der Waals surface area contributed by atoms with Crippen LogP contribution in [0.2, 0.25) is 0 Å². The summed E-state index contributed by atoms with van der Waals surface area (Å²) in [6, 6.07) is 11.3. The molecule has 2 atom stereocenters. The summed E-state index contributed by atoms with van der Waals surface area (Å²) in [5.74, 6) is 1.14. The molecule has 0 heterocycles. The third kappa shape index (κ3) is 2.56. The van der Waals surface area contributed by atoms with Crippen molar-refractivity contribution < 1.29 is 0 Å². The molecule has 1 nitrogen and oxygen atoms in total. The fraction of sp³-hybridized carbons (Fsp3) is 0.500. The number of nitrogens with two attached hydrogens (primary N) is 1. The van der Waals surface area contributed by atoms with E-state index in [0.717, 1.165) is 13.0 Å². The molecule has 0 aliphatic heterocycles. The SMILES string of the molecule is CCC(c1c[c]ccc1)C(C)CN. The summed E-state index contributed by atoms with van der Waals surface area (Å²) in [6.07, 6.45) is 1.15. The average Bonchev–Trinajstić information content (AvgIpc) is 2.20. The highest BCUT2D eigenvalue weighted by Crippen LogP contribution is 2.26. The molecule has 1 aromatic rings. The molecule has 0 spiro atoms. The van der Waals surface area contributed by atoms with E-state index >= 15 is 0 Å². The maximum Gasteiger partial charge on any atom is -0.00457 e. The van der Waals surface area contributed by atoms with Crippen LogP contribution in [0.4, 0.5) is 0 Å². The number of rotatable bonds is 4. The van der Waals surface area contributed by atoms with Gasteiger partial charge in [-0.2, -0.15) is 0 Å². The molecular weight excluding hydrogens is 158 g/mol. The molecule has 2 unspecified atom stereocenters. The topological polar surface area (TPSA) is 26.0 Å². The first-order valence-electron chi connectivity index (χ1n) is 4.95. The van der Waals surface area contributed by atoms with Crippen molar-refractivity contribution >= 4 is 0 Å². The summed E-state index contributed by atoms with van der Waals surface area (Å²) >= 11 is 0. The fourth-order valence-corrected chi connectivity index (χ4v) is 1.77. The van der Waals surface area contributed by atoms with Crippen LogP contribution in [0.25, 0.3) is 0 Å². The molecule has 0 amide bonds. The maximum atomic E-state index is 5.68. The Bertz CT molecular complexity index is 230. The smallest absolute Gasteiger partial charge is 0.00457 e. The van der Waals surface area contributed by atoms with Crippen LogP contribution in [0, 0.1) is 12.0 Å². The highest BCUT2D eigenvalue weighted by Gasteiger charge is 2.15. The molecule has 13 heavy (non-hydrogen) atoms. The average molecular weight is 176 g/mol. The third-order valence-corrected chi connectivity index (χ3v) is 2.66. The van der Waals surface area contributed by atoms with Crippen molar-refractivity contribution in [1.82, 2.24) is 0 Å². The van der Waals surface area contributed by atoms with E-state index in [0.29, 0.717) is 11.8 Å². The van der Waals surface area contributed by atoms with Gasteiger partial charge in [0.15, 0.2) is 0 Å². The second-order valence-electron chi connectivity index (χ2n) is 3.56. The molecule has 0 saturated heterocycles. The molecule has 0 aliphatic rings. The highest BCUT2D eigenvalue weighted by molar-refractivity contribution is 5.19. The summed E-state index contributed by atoms with van der Waals surface area (Å²) in [6.45, 7) is 5.18. The van der Waals surface area contributed by atoms with Gasteiger partial charge in [-0.15, -0.1) is 0 Å². The fourth-order valence-electron chi connectivity index (χ4n) is 1.77. The van der Waals surface area contributed by atoms with E-state index in [4.69, 9.17) is 5.73 Å². The van der Waals surface area contributed by atoms with Crippen molar-refractivity contribution in [1.29, 1.82) is 0 Å². The summed E-state index contributed by atoms with van der Waals surface area (Å²) in [7, 11) is 0. The van der Waals surface area contributed by atoms with Gasteiger partial charge in [0, 0.05) is 0 Å². The minimum Gasteiger partial charge on any atom is -0.330 e. The molecule has 1 radical (unpaired) electrons. The van der Waals surface area contributed by atoms with E-state index in [1.807, 2.05) is 12.1 Å². The minimum atomic E-state index is 0.556. The van der Waals surface area contributed by atoms with Crippen molar-refractivity contribution in [2.24, 2.45) is 11.7 Å². The van der Waals surface area contributed by atoms with Crippen molar-refractivity contribution in [3.8, 4) is 0 Å². The minimum absolute atomic E-state index is 0.556. The zero-order valence-electron chi connectivity index (χ0n) is 8.46. The number of hydrogen-bond donors (Lipinski definition) is 1. The van der Waals surface area contributed by atoms with Gasteiger partial charge >= 0.3 is 0 Å². The van der Waals surface area contributed by atoms with Gasteiger partial charge in [-0.25, -0.2) is 0 Å². The van der Waals surface area contributed by atoms with Crippen LogP contribution >= 0.6 is 0 Å². The molecule has 71 valence electrons. The van der Waals surface area contributed by atoms with Crippen LogP contribution < -0.4 is 5.73 Å². The van der Waals surface area contributed by atoms with Gasteiger partial charge in [-0.1, -0.05) is 38.1 Å². The van der Waals surface area contributed by atoms with Crippen molar-refractivity contribution in [2.45, 2.75) is 26.2 Å². The Hall–Kier alpha value is -0.820.